The third-order valence-electron chi connectivity index (χ3n) is 5.08. The molecule has 1 unspecified atom stereocenters. The minimum Gasteiger partial charge on any atom is -0.347 e. The second-order valence-electron chi connectivity index (χ2n) is 6.93. The van der Waals surface area contributed by atoms with Crippen LogP contribution in [-0.2, 0) is 19.1 Å². The van der Waals surface area contributed by atoms with Gasteiger partial charge in [0.05, 0.1) is 6.61 Å². The molecule has 25 heavy (non-hydrogen) atoms. The first-order valence-electron chi connectivity index (χ1n) is 8.96. The number of hydrogen-bond donors (Lipinski definition) is 2. The van der Waals surface area contributed by atoms with Gasteiger partial charge in [-0.3, -0.25) is 9.59 Å². The van der Waals surface area contributed by atoms with Crippen LogP contribution in [0.25, 0.3) is 0 Å². The Morgan fingerprint density at radius 3 is 2.68 bits per heavy atom. The van der Waals surface area contributed by atoms with Crippen LogP contribution in [0.5, 0.6) is 0 Å². The predicted molar refractivity (Wildman–Crippen MR) is 94.2 cm³/mol. The topological polar surface area (TPSA) is 76.7 Å². The lowest BCUT2D eigenvalue weighted by atomic mass is 9.94. The second-order valence-corrected chi connectivity index (χ2v) is 6.93. The van der Waals surface area contributed by atoms with Crippen molar-refractivity contribution in [2.45, 2.75) is 57.8 Å². The minimum atomic E-state index is -0.667. The maximum absolute atomic E-state index is 12.1. The molecule has 2 amide bonds. The molecule has 1 saturated heterocycles. The highest BCUT2D eigenvalue weighted by Gasteiger charge is 2.42. The first-order chi connectivity index (χ1) is 12.0. The number of ether oxygens (including phenoxy) is 2. The summed E-state index contributed by atoms with van der Waals surface area (Å²) in [5, 5.41) is 5.30. The van der Waals surface area contributed by atoms with Gasteiger partial charge in [0.15, 0.2) is 5.79 Å². The average molecular weight is 346 g/mol. The van der Waals surface area contributed by atoms with Crippen molar-refractivity contribution in [2.75, 3.05) is 18.5 Å². The monoisotopic (exact) mass is 346 g/mol. The first kappa shape index (κ1) is 17.9. The van der Waals surface area contributed by atoms with Crippen molar-refractivity contribution in [1.29, 1.82) is 0 Å². The van der Waals surface area contributed by atoms with E-state index in [0.717, 1.165) is 36.8 Å². The third-order valence-corrected chi connectivity index (χ3v) is 5.08. The van der Waals surface area contributed by atoms with Crippen molar-refractivity contribution in [3.8, 4) is 0 Å². The van der Waals surface area contributed by atoms with Gasteiger partial charge in [-0.1, -0.05) is 18.6 Å². The molecule has 2 aliphatic rings. The van der Waals surface area contributed by atoms with Crippen LogP contribution < -0.4 is 10.6 Å². The fraction of sp³-hybridized carbons (Fsp3) is 0.579. The van der Waals surface area contributed by atoms with Gasteiger partial charge in [0.1, 0.15) is 6.10 Å². The zero-order valence-electron chi connectivity index (χ0n) is 14.9. The van der Waals surface area contributed by atoms with Crippen LogP contribution >= 0.6 is 0 Å². The molecule has 0 aromatic heterocycles. The number of amides is 2. The van der Waals surface area contributed by atoms with Gasteiger partial charge in [-0.2, -0.15) is 0 Å². The molecule has 1 aromatic rings. The fourth-order valence-electron chi connectivity index (χ4n) is 3.42. The molecule has 0 bridgehead atoms. The highest BCUT2D eigenvalue weighted by molar-refractivity contribution is 6.39. The van der Waals surface area contributed by atoms with Gasteiger partial charge < -0.3 is 20.1 Å². The quantitative estimate of drug-likeness (QED) is 0.824. The molecule has 1 heterocycles. The van der Waals surface area contributed by atoms with Crippen molar-refractivity contribution in [1.82, 2.24) is 5.32 Å². The Kier molecular flexibility index (Phi) is 5.39. The zero-order chi connectivity index (χ0) is 17.9. The van der Waals surface area contributed by atoms with Gasteiger partial charge in [-0.25, -0.2) is 0 Å². The van der Waals surface area contributed by atoms with E-state index >= 15 is 0 Å². The van der Waals surface area contributed by atoms with E-state index in [1.807, 2.05) is 26.0 Å². The van der Waals surface area contributed by atoms with E-state index in [9.17, 15) is 9.59 Å². The second kappa shape index (κ2) is 7.54. The molecule has 1 aliphatic heterocycles. The molecule has 2 fully saturated rings. The Balaban J connectivity index is 1.48. The lowest BCUT2D eigenvalue weighted by Crippen LogP contribution is -2.41. The molecule has 6 heteroatoms. The summed E-state index contributed by atoms with van der Waals surface area (Å²) in [4.78, 5) is 24.1. The number of hydrogen-bond acceptors (Lipinski definition) is 4. The minimum absolute atomic E-state index is 0.199. The molecule has 0 radical (unpaired) electrons. The van der Waals surface area contributed by atoms with Gasteiger partial charge >= 0.3 is 11.8 Å². The molecule has 1 aromatic carbocycles. The Bertz CT molecular complexity index is 653. The Morgan fingerprint density at radius 2 is 1.92 bits per heavy atom. The maximum atomic E-state index is 12.1. The zero-order valence-corrected chi connectivity index (χ0v) is 14.9. The highest BCUT2D eigenvalue weighted by atomic mass is 16.7. The molecular weight excluding hydrogens is 320 g/mol. The van der Waals surface area contributed by atoms with Gasteiger partial charge in [-0.05, 0) is 43.9 Å². The molecule has 1 atom stereocenters. The van der Waals surface area contributed by atoms with E-state index in [2.05, 4.69) is 10.6 Å². The van der Waals surface area contributed by atoms with Gasteiger partial charge in [-0.15, -0.1) is 0 Å². The summed E-state index contributed by atoms with van der Waals surface area (Å²) >= 11 is 0. The summed E-state index contributed by atoms with van der Waals surface area (Å²) in [6.07, 6.45) is 5.05. The summed E-state index contributed by atoms with van der Waals surface area (Å²) in [7, 11) is 0. The van der Waals surface area contributed by atoms with E-state index in [0.29, 0.717) is 12.3 Å². The van der Waals surface area contributed by atoms with Gasteiger partial charge in [0.2, 0.25) is 0 Å². The largest absolute Gasteiger partial charge is 0.347 e. The van der Waals surface area contributed by atoms with Crippen molar-refractivity contribution in [3.05, 3.63) is 29.3 Å². The van der Waals surface area contributed by atoms with Crippen molar-refractivity contribution in [2.24, 2.45) is 0 Å². The van der Waals surface area contributed by atoms with Crippen LogP contribution in [0.3, 0.4) is 0 Å². The van der Waals surface area contributed by atoms with Crippen LogP contribution in [0.4, 0.5) is 5.69 Å². The van der Waals surface area contributed by atoms with Crippen molar-refractivity contribution in [3.63, 3.8) is 0 Å². The number of benzene rings is 1. The lowest BCUT2D eigenvalue weighted by Gasteiger charge is -2.31. The van der Waals surface area contributed by atoms with E-state index in [-0.39, 0.29) is 12.6 Å². The van der Waals surface area contributed by atoms with E-state index < -0.39 is 17.6 Å². The predicted octanol–water partition coefficient (Wildman–Crippen LogP) is 2.43. The van der Waals surface area contributed by atoms with Crippen LogP contribution in [-0.4, -0.2) is 36.9 Å². The molecule has 136 valence electrons. The molecule has 1 spiro atoms. The molecule has 6 nitrogen and oxygen atoms in total. The number of aryl methyl sites for hydroxylation is 1. The summed E-state index contributed by atoms with van der Waals surface area (Å²) in [6, 6.07) is 5.60. The van der Waals surface area contributed by atoms with Gasteiger partial charge in [0, 0.05) is 25.1 Å². The molecule has 2 N–H and O–H groups in total. The normalized spacial score (nSPS) is 21.9. The van der Waals surface area contributed by atoms with Crippen LogP contribution in [0.2, 0.25) is 0 Å². The Morgan fingerprint density at radius 1 is 1.16 bits per heavy atom. The highest BCUT2D eigenvalue weighted by Crippen LogP contribution is 2.37. The lowest BCUT2D eigenvalue weighted by molar-refractivity contribution is -0.186. The van der Waals surface area contributed by atoms with Crippen LogP contribution in [0.1, 0.15) is 43.2 Å². The van der Waals surface area contributed by atoms with Crippen LogP contribution in [0.15, 0.2) is 18.2 Å². The summed E-state index contributed by atoms with van der Waals surface area (Å²) < 4.78 is 11.8. The standard InChI is InChI=1S/C19H26N2O4/c1-13-7-6-8-16(14(13)2)21-18(23)17(22)20-11-15-12-24-19(25-15)9-4-3-5-10-19/h6-8,15H,3-5,9-12H2,1-2H3,(H,20,22)(H,21,23). The number of carbonyl (C=O) groups excluding carboxylic acids is 2. The first-order valence-corrected chi connectivity index (χ1v) is 8.96. The fourth-order valence-corrected chi connectivity index (χ4v) is 3.42. The Hall–Kier alpha value is -1.92. The molecule has 3 rings (SSSR count). The SMILES string of the molecule is Cc1cccc(NC(=O)C(=O)NCC2COC3(CCCCC3)O2)c1C. The smallest absolute Gasteiger partial charge is 0.313 e. The third kappa shape index (κ3) is 4.19. The number of carbonyl (C=O) groups is 2. The molecular formula is C19H26N2O4. The number of nitrogens with one attached hydrogen (secondary N) is 2. The molecule has 1 saturated carbocycles. The number of anilines is 1. The van der Waals surface area contributed by atoms with E-state index in [1.54, 1.807) is 6.07 Å². The number of rotatable bonds is 3. The van der Waals surface area contributed by atoms with E-state index in [1.165, 1.54) is 6.42 Å². The summed E-state index contributed by atoms with van der Waals surface area (Å²) in [5.74, 6) is -1.79. The maximum Gasteiger partial charge on any atom is 0.313 e. The Labute approximate surface area is 148 Å². The van der Waals surface area contributed by atoms with Crippen molar-refractivity contribution < 1.29 is 19.1 Å². The van der Waals surface area contributed by atoms with Crippen LogP contribution in [0, 0.1) is 13.8 Å². The average Bonchev–Trinajstić information content (AvgIpc) is 2.99. The van der Waals surface area contributed by atoms with E-state index in [4.69, 9.17) is 9.47 Å². The van der Waals surface area contributed by atoms with Crippen molar-refractivity contribution >= 4 is 17.5 Å². The summed E-state index contributed by atoms with van der Waals surface area (Å²) in [5.41, 5.74) is 2.67. The molecule has 1 aliphatic carbocycles. The summed E-state index contributed by atoms with van der Waals surface area (Å²) in [6.45, 7) is 4.61. The van der Waals surface area contributed by atoms with Gasteiger partial charge in [0.25, 0.3) is 0 Å².